The van der Waals surface area contributed by atoms with Crippen molar-refractivity contribution in [2.24, 2.45) is 0 Å². The van der Waals surface area contributed by atoms with Crippen LogP contribution in [0.1, 0.15) is 54.4 Å². The van der Waals surface area contributed by atoms with E-state index in [9.17, 15) is 14.4 Å². The average molecular weight is 363 g/mol. The maximum absolute atomic E-state index is 12.8. The van der Waals surface area contributed by atoms with Crippen LogP contribution in [0.2, 0.25) is 0 Å². The molecule has 26 heavy (non-hydrogen) atoms. The van der Waals surface area contributed by atoms with Crippen LogP contribution in [0.3, 0.4) is 0 Å². The number of hydrogen-bond acceptors (Lipinski definition) is 5. The van der Waals surface area contributed by atoms with E-state index in [1.54, 1.807) is 65.8 Å². The molecule has 1 atom stereocenters. The summed E-state index contributed by atoms with van der Waals surface area (Å²) in [6.45, 7) is 10.5. The summed E-state index contributed by atoms with van der Waals surface area (Å²) in [5, 5.41) is 0. The van der Waals surface area contributed by atoms with Crippen LogP contribution in [0.15, 0.2) is 30.3 Å². The Labute approximate surface area is 155 Å². The van der Waals surface area contributed by atoms with E-state index >= 15 is 0 Å². The molecule has 0 saturated heterocycles. The van der Waals surface area contributed by atoms with Crippen LogP contribution in [-0.2, 0) is 19.1 Å². The summed E-state index contributed by atoms with van der Waals surface area (Å²) in [7, 11) is 0. The minimum atomic E-state index is -0.961. The van der Waals surface area contributed by atoms with E-state index in [1.165, 1.54) is 4.90 Å². The second-order valence-electron chi connectivity index (χ2n) is 7.98. The van der Waals surface area contributed by atoms with Gasteiger partial charge in [-0.2, -0.15) is 0 Å². The standard InChI is InChI=1S/C20H29NO5/c1-19(2,3)25-17(23)16(13-10-14-22)21(15-11-8-7-9-12-15)18(24)26-20(4,5)6/h7-9,11-12,14,16H,10,13H2,1-6H3. The minimum absolute atomic E-state index is 0.121. The Morgan fingerprint density at radius 1 is 1.00 bits per heavy atom. The van der Waals surface area contributed by atoms with Crippen molar-refractivity contribution in [3.8, 4) is 0 Å². The predicted octanol–water partition coefficient (Wildman–Crippen LogP) is 4.12. The van der Waals surface area contributed by atoms with Crippen LogP contribution in [0, 0.1) is 0 Å². The Morgan fingerprint density at radius 2 is 1.54 bits per heavy atom. The van der Waals surface area contributed by atoms with Crippen LogP contribution in [0.4, 0.5) is 10.5 Å². The third-order valence-corrected chi connectivity index (χ3v) is 3.17. The zero-order chi connectivity index (χ0) is 20.0. The van der Waals surface area contributed by atoms with Crippen molar-refractivity contribution in [1.82, 2.24) is 0 Å². The van der Waals surface area contributed by atoms with Gasteiger partial charge in [-0.3, -0.25) is 4.90 Å². The van der Waals surface area contributed by atoms with Gasteiger partial charge in [0, 0.05) is 12.1 Å². The van der Waals surface area contributed by atoms with Crippen LogP contribution in [0.25, 0.3) is 0 Å². The van der Waals surface area contributed by atoms with Crippen molar-refractivity contribution >= 4 is 24.0 Å². The van der Waals surface area contributed by atoms with E-state index in [4.69, 9.17) is 9.47 Å². The van der Waals surface area contributed by atoms with Crippen LogP contribution >= 0.6 is 0 Å². The monoisotopic (exact) mass is 363 g/mol. The van der Waals surface area contributed by atoms with Crippen LogP contribution in [0.5, 0.6) is 0 Å². The summed E-state index contributed by atoms with van der Waals surface area (Å²) < 4.78 is 11.0. The van der Waals surface area contributed by atoms with Gasteiger partial charge < -0.3 is 14.3 Å². The quantitative estimate of drug-likeness (QED) is 0.561. The van der Waals surface area contributed by atoms with Gasteiger partial charge in [-0.15, -0.1) is 0 Å². The number of ether oxygens (including phenoxy) is 2. The van der Waals surface area contributed by atoms with Crippen molar-refractivity contribution in [3.05, 3.63) is 30.3 Å². The Bertz CT molecular complexity index is 613. The van der Waals surface area contributed by atoms with E-state index in [0.717, 1.165) is 6.29 Å². The maximum atomic E-state index is 12.8. The van der Waals surface area contributed by atoms with Gasteiger partial charge >= 0.3 is 12.1 Å². The normalized spacial score (nSPS) is 12.8. The minimum Gasteiger partial charge on any atom is -0.458 e. The number of hydrogen-bond donors (Lipinski definition) is 0. The van der Waals surface area contributed by atoms with Crippen molar-refractivity contribution in [3.63, 3.8) is 0 Å². The first kappa shape index (κ1) is 21.7. The average Bonchev–Trinajstić information content (AvgIpc) is 2.48. The number of esters is 1. The lowest BCUT2D eigenvalue weighted by atomic mass is 10.1. The molecule has 1 unspecified atom stereocenters. The van der Waals surface area contributed by atoms with Gasteiger partial charge in [0.05, 0.1) is 0 Å². The SMILES string of the molecule is CC(C)(C)OC(=O)C(CCC=O)N(C(=O)OC(C)(C)C)c1ccccc1. The fourth-order valence-corrected chi connectivity index (χ4v) is 2.26. The Hall–Kier alpha value is -2.37. The van der Waals surface area contributed by atoms with Crippen LogP contribution < -0.4 is 4.90 Å². The number of amides is 1. The number of carbonyl (C=O) groups is 3. The van der Waals surface area contributed by atoms with Gasteiger partial charge in [0.15, 0.2) is 0 Å². The fraction of sp³-hybridized carbons (Fsp3) is 0.550. The lowest BCUT2D eigenvalue weighted by Gasteiger charge is -2.33. The van der Waals surface area contributed by atoms with Gasteiger partial charge in [-0.05, 0) is 60.1 Å². The molecule has 6 heteroatoms. The lowest BCUT2D eigenvalue weighted by molar-refractivity contribution is -0.156. The smallest absolute Gasteiger partial charge is 0.415 e. The fourth-order valence-electron chi connectivity index (χ4n) is 2.26. The van der Waals surface area contributed by atoms with Gasteiger partial charge in [0.1, 0.15) is 23.5 Å². The molecule has 0 aliphatic heterocycles. The topological polar surface area (TPSA) is 72.9 Å². The molecule has 0 aliphatic carbocycles. The molecule has 0 radical (unpaired) electrons. The van der Waals surface area contributed by atoms with E-state index < -0.39 is 29.3 Å². The molecule has 0 heterocycles. The van der Waals surface area contributed by atoms with E-state index in [0.29, 0.717) is 5.69 Å². The van der Waals surface area contributed by atoms with E-state index in [-0.39, 0.29) is 12.8 Å². The number of carbonyl (C=O) groups excluding carboxylic acids is 3. The van der Waals surface area contributed by atoms with Gasteiger partial charge in [0.25, 0.3) is 0 Å². The highest BCUT2D eigenvalue weighted by Crippen LogP contribution is 2.24. The number of rotatable bonds is 6. The first-order valence-corrected chi connectivity index (χ1v) is 8.68. The highest BCUT2D eigenvalue weighted by Gasteiger charge is 2.36. The molecule has 144 valence electrons. The first-order chi connectivity index (χ1) is 11.9. The summed E-state index contributed by atoms with van der Waals surface area (Å²) in [6, 6.07) is 7.79. The number of para-hydroxylation sites is 1. The van der Waals surface area contributed by atoms with E-state index in [2.05, 4.69) is 0 Å². The molecule has 1 aromatic carbocycles. The summed E-state index contributed by atoms with van der Waals surface area (Å²) >= 11 is 0. The molecule has 0 spiro atoms. The summed E-state index contributed by atoms with van der Waals surface area (Å²) in [4.78, 5) is 37.8. The van der Waals surface area contributed by atoms with Gasteiger partial charge in [0.2, 0.25) is 0 Å². The molecule has 0 aliphatic rings. The van der Waals surface area contributed by atoms with Crippen molar-refractivity contribution < 1.29 is 23.9 Å². The van der Waals surface area contributed by atoms with Crippen molar-refractivity contribution in [1.29, 1.82) is 0 Å². The molecule has 1 amide bonds. The highest BCUT2D eigenvalue weighted by atomic mass is 16.6. The molecule has 0 saturated carbocycles. The van der Waals surface area contributed by atoms with Crippen molar-refractivity contribution in [2.45, 2.75) is 71.6 Å². The summed E-state index contributed by atoms with van der Waals surface area (Å²) in [6.07, 6.45) is 0.323. The largest absolute Gasteiger partial charge is 0.458 e. The molecule has 0 N–H and O–H groups in total. The highest BCUT2D eigenvalue weighted by molar-refractivity contribution is 5.96. The molecule has 1 aromatic rings. The van der Waals surface area contributed by atoms with Crippen molar-refractivity contribution in [2.75, 3.05) is 4.90 Å². The Morgan fingerprint density at radius 3 is 2.00 bits per heavy atom. The molecule has 1 rings (SSSR count). The Balaban J connectivity index is 3.29. The molecule has 0 bridgehead atoms. The second-order valence-corrected chi connectivity index (χ2v) is 7.98. The first-order valence-electron chi connectivity index (χ1n) is 8.68. The number of aldehydes is 1. The Kier molecular flexibility index (Phi) is 7.36. The zero-order valence-electron chi connectivity index (χ0n) is 16.4. The molecular formula is C20H29NO5. The summed E-state index contributed by atoms with van der Waals surface area (Å²) in [5.41, 5.74) is -0.941. The zero-order valence-corrected chi connectivity index (χ0v) is 16.4. The van der Waals surface area contributed by atoms with Crippen LogP contribution in [-0.4, -0.2) is 35.6 Å². The van der Waals surface area contributed by atoms with Gasteiger partial charge in [-0.1, -0.05) is 18.2 Å². The second kappa shape index (κ2) is 8.83. The number of anilines is 1. The lowest BCUT2D eigenvalue weighted by Crippen LogP contribution is -2.49. The third-order valence-electron chi connectivity index (χ3n) is 3.17. The van der Waals surface area contributed by atoms with Gasteiger partial charge in [-0.25, -0.2) is 9.59 Å². The number of nitrogens with zero attached hydrogens (tertiary/aromatic N) is 1. The predicted molar refractivity (Wildman–Crippen MR) is 100 cm³/mol. The molecular weight excluding hydrogens is 334 g/mol. The number of benzene rings is 1. The molecule has 0 fully saturated rings. The van der Waals surface area contributed by atoms with E-state index in [1.807, 2.05) is 6.07 Å². The summed E-state index contributed by atoms with van der Waals surface area (Å²) in [5.74, 6) is -0.575. The maximum Gasteiger partial charge on any atom is 0.415 e. The molecule has 0 aromatic heterocycles. The third kappa shape index (κ3) is 7.25. The molecule has 6 nitrogen and oxygen atoms in total.